The zero-order chi connectivity index (χ0) is 19.2. The molecule has 11 heteroatoms. The summed E-state index contributed by atoms with van der Waals surface area (Å²) in [6, 6.07) is -0.196. The van der Waals surface area contributed by atoms with Crippen molar-refractivity contribution in [1.82, 2.24) is 29.5 Å². The molecule has 1 unspecified atom stereocenters. The fourth-order valence-electron chi connectivity index (χ4n) is 3.75. The summed E-state index contributed by atoms with van der Waals surface area (Å²) in [5, 5.41) is 11.0. The average Bonchev–Trinajstić information content (AvgIpc) is 3.42. The van der Waals surface area contributed by atoms with Crippen molar-refractivity contribution in [2.24, 2.45) is 0 Å². The molecule has 1 spiro atoms. The number of carbonyl (C=O) groups is 1. The minimum absolute atomic E-state index is 0.196. The number of sulfonamides is 1. The number of carbonyl (C=O) groups excluding carboxylic acids is 1. The van der Waals surface area contributed by atoms with E-state index in [1.807, 2.05) is 0 Å². The normalized spacial score (nSPS) is 26.0. The van der Waals surface area contributed by atoms with Crippen molar-refractivity contribution >= 4 is 16.1 Å². The number of amides is 2. The van der Waals surface area contributed by atoms with Crippen LogP contribution in [-0.2, 0) is 34.5 Å². The van der Waals surface area contributed by atoms with E-state index in [-0.39, 0.29) is 17.8 Å². The summed E-state index contributed by atoms with van der Waals surface area (Å²) < 4.78 is 34.8. The molecule has 1 saturated carbocycles. The van der Waals surface area contributed by atoms with Crippen molar-refractivity contribution in [2.45, 2.75) is 56.2 Å². The molecular formula is C16H26N6O4S. The second-order valence-electron chi connectivity index (χ2n) is 7.85. The number of aromatic nitrogens is 3. The Balaban J connectivity index is 1.46. The molecule has 2 aliphatic heterocycles. The van der Waals surface area contributed by atoms with Crippen LogP contribution in [0.3, 0.4) is 0 Å². The first kappa shape index (κ1) is 18.6. The van der Waals surface area contributed by atoms with Crippen molar-refractivity contribution in [1.29, 1.82) is 0 Å². The molecule has 1 atom stereocenters. The molecule has 10 nitrogen and oxygen atoms in total. The largest absolute Gasteiger partial charge is 0.365 e. The van der Waals surface area contributed by atoms with Gasteiger partial charge in [-0.15, -0.1) is 5.10 Å². The van der Waals surface area contributed by atoms with E-state index < -0.39 is 15.6 Å². The van der Waals surface area contributed by atoms with Gasteiger partial charge >= 0.3 is 6.03 Å². The third-order valence-electron chi connectivity index (χ3n) is 5.49. The van der Waals surface area contributed by atoms with Crippen LogP contribution in [0.4, 0.5) is 4.79 Å². The topological polar surface area (TPSA) is 110 Å². The Hall–Kier alpha value is -1.72. The molecule has 1 aliphatic carbocycles. The molecule has 1 aromatic heterocycles. The van der Waals surface area contributed by atoms with Crippen molar-refractivity contribution in [3.63, 3.8) is 0 Å². The van der Waals surface area contributed by atoms with Crippen molar-refractivity contribution in [3.8, 4) is 0 Å². The molecule has 1 aromatic rings. The first-order chi connectivity index (χ1) is 12.8. The maximum Gasteiger partial charge on any atom is 0.317 e. The van der Waals surface area contributed by atoms with E-state index in [0.29, 0.717) is 31.9 Å². The highest BCUT2D eigenvalue weighted by atomic mass is 32.2. The van der Waals surface area contributed by atoms with Crippen LogP contribution in [0.1, 0.15) is 37.1 Å². The standard InChI is InChI=1S/C16H26N6O4S/c1-20(2)15(23)17-8-13-14-9-26-16(11-22(14)19-18-13)6-3-7-21(10-16)27(24,25)12-4-5-12/h12H,3-11H2,1-2H3,(H,17,23). The molecular weight excluding hydrogens is 372 g/mol. The van der Waals surface area contributed by atoms with Gasteiger partial charge < -0.3 is 15.0 Å². The Morgan fingerprint density at radius 2 is 2.15 bits per heavy atom. The van der Waals surface area contributed by atoms with Crippen LogP contribution in [0.2, 0.25) is 0 Å². The van der Waals surface area contributed by atoms with E-state index in [2.05, 4.69) is 15.6 Å². The Kier molecular flexibility index (Phi) is 4.63. The number of hydrogen-bond acceptors (Lipinski definition) is 6. The van der Waals surface area contributed by atoms with Gasteiger partial charge in [0.25, 0.3) is 0 Å². The third kappa shape index (κ3) is 3.55. The quantitative estimate of drug-likeness (QED) is 0.759. The van der Waals surface area contributed by atoms with Crippen LogP contribution in [0.5, 0.6) is 0 Å². The van der Waals surface area contributed by atoms with E-state index in [0.717, 1.165) is 31.4 Å². The molecule has 2 fully saturated rings. The summed E-state index contributed by atoms with van der Waals surface area (Å²) in [6.45, 7) is 2.02. The fraction of sp³-hybridized carbons (Fsp3) is 0.812. The van der Waals surface area contributed by atoms with Crippen LogP contribution in [0.25, 0.3) is 0 Å². The number of fused-ring (bicyclic) bond motifs is 1. The van der Waals surface area contributed by atoms with Gasteiger partial charge in [-0.1, -0.05) is 5.21 Å². The summed E-state index contributed by atoms with van der Waals surface area (Å²) in [5.41, 5.74) is 0.964. The van der Waals surface area contributed by atoms with Gasteiger partial charge in [-0.25, -0.2) is 17.9 Å². The number of rotatable bonds is 4. The smallest absolute Gasteiger partial charge is 0.317 e. The predicted octanol–water partition coefficient (Wildman–Crippen LogP) is -0.0937. The van der Waals surface area contributed by atoms with Gasteiger partial charge in [0, 0.05) is 27.2 Å². The number of nitrogens with zero attached hydrogens (tertiary/aromatic N) is 5. The van der Waals surface area contributed by atoms with E-state index in [4.69, 9.17) is 4.74 Å². The minimum atomic E-state index is -3.21. The number of piperidine rings is 1. The highest BCUT2D eigenvalue weighted by Crippen LogP contribution is 2.37. The zero-order valence-electron chi connectivity index (χ0n) is 15.7. The maximum absolute atomic E-state index is 12.6. The lowest BCUT2D eigenvalue weighted by Crippen LogP contribution is -2.56. The van der Waals surface area contributed by atoms with Crippen LogP contribution in [-0.4, -0.2) is 76.7 Å². The molecule has 0 bridgehead atoms. The van der Waals surface area contributed by atoms with Gasteiger partial charge in [0.05, 0.1) is 30.6 Å². The summed E-state index contributed by atoms with van der Waals surface area (Å²) in [5.74, 6) is 0. The van der Waals surface area contributed by atoms with Crippen molar-refractivity contribution in [3.05, 3.63) is 11.4 Å². The minimum Gasteiger partial charge on any atom is -0.365 e. The monoisotopic (exact) mass is 398 g/mol. The molecule has 0 aromatic carbocycles. The lowest BCUT2D eigenvalue weighted by molar-refractivity contribution is -0.117. The second kappa shape index (κ2) is 6.71. The first-order valence-electron chi connectivity index (χ1n) is 9.30. The molecule has 1 N–H and O–H groups in total. The SMILES string of the molecule is CN(C)C(=O)NCc1nnn2c1COC1(CCCN(S(=O)(=O)C3CC3)C1)C2. The van der Waals surface area contributed by atoms with E-state index >= 15 is 0 Å². The van der Waals surface area contributed by atoms with E-state index in [1.54, 1.807) is 23.1 Å². The van der Waals surface area contributed by atoms with Gasteiger partial charge in [0.2, 0.25) is 10.0 Å². The van der Waals surface area contributed by atoms with Gasteiger partial charge in [0.1, 0.15) is 11.3 Å². The molecule has 27 heavy (non-hydrogen) atoms. The molecule has 0 radical (unpaired) electrons. The van der Waals surface area contributed by atoms with Gasteiger partial charge in [-0.3, -0.25) is 0 Å². The Labute approximate surface area is 158 Å². The van der Waals surface area contributed by atoms with E-state index in [9.17, 15) is 13.2 Å². The lowest BCUT2D eigenvalue weighted by atomic mass is 9.92. The molecule has 150 valence electrons. The van der Waals surface area contributed by atoms with Crippen LogP contribution < -0.4 is 5.32 Å². The van der Waals surface area contributed by atoms with Crippen LogP contribution in [0.15, 0.2) is 0 Å². The lowest BCUT2D eigenvalue weighted by Gasteiger charge is -2.44. The zero-order valence-corrected chi connectivity index (χ0v) is 16.5. The number of nitrogens with one attached hydrogen (secondary N) is 1. The Bertz CT molecular complexity index is 834. The highest BCUT2D eigenvalue weighted by Gasteiger charge is 2.47. The summed E-state index contributed by atoms with van der Waals surface area (Å²) in [6.07, 6.45) is 3.11. The van der Waals surface area contributed by atoms with E-state index in [1.165, 1.54) is 4.90 Å². The number of hydrogen-bond donors (Lipinski definition) is 1. The van der Waals surface area contributed by atoms with Gasteiger partial charge in [0.15, 0.2) is 0 Å². The number of ether oxygens (including phenoxy) is 1. The molecule has 3 heterocycles. The average molecular weight is 398 g/mol. The first-order valence-corrected chi connectivity index (χ1v) is 10.8. The fourth-order valence-corrected chi connectivity index (χ4v) is 5.70. The maximum atomic E-state index is 12.6. The summed E-state index contributed by atoms with van der Waals surface area (Å²) >= 11 is 0. The summed E-state index contributed by atoms with van der Waals surface area (Å²) in [4.78, 5) is 13.2. The second-order valence-corrected chi connectivity index (χ2v) is 10.1. The third-order valence-corrected chi connectivity index (χ3v) is 7.84. The van der Waals surface area contributed by atoms with Crippen LogP contribution >= 0.6 is 0 Å². The van der Waals surface area contributed by atoms with Gasteiger partial charge in [-0.05, 0) is 25.7 Å². The van der Waals surface area contributed by atoms with Gasteiger partial charge in [-0.2, -0.15) is 4.31 Å². The van der Waals surface area contributed by atoms with Crippen molar-refractivity contribution in [2.75, 3.05) is 27.2 Å². The Morgan fingerprint density at radius 3 is 2.85 bits per heavy atom. The summed E-state index contributed by atoms with van der Waals surface area (Å²) in [7, 11) is 0.142. The van der Waals surface area contributed by atoms with Crippen molar-refractivity contribution < 1.29 is 17.9 Å². The highest BCUT2D eigenvalue weighted by molar-refractivity contribution is 7.90. The molecule has 1 saturated heterocycles. The molecule has 3 aliphatic rings. The number of urea groups is 1. The molecule has 4 rings (SSSR count). The molecule has 2 amide bonds. The Morgan fingerprint density at radius 1 is 1.37 bits per heavy atom. The van der Waals surface area contributed by atoms with Crippen LogP contribution in [0, 0.1) is 0 Å². The predicted molar refractivity (Wildman–Crippen MR) is 96.2 cm³/mol.